The van der Waals surface area contributed by atoms with Crippen molar-refractivity contribution in [3.05, 3.63) is 70.9 Å². The quantitative estimate of drug-likeness (QED) is 0.473. The lowest BCUT2D eigenvalue weighted by molar-refractivity contribution is -0.114. The van der Waals surface area contributed by atoms with Gasteiger partial charge in [0.05, 0.1) is 22.9 Å². The van der Waals surface area contributed by atoms with Gasteiger partial charge < -0.3 is 15.0 Å². The number of amides is 1. The Labute approximate surface area is 175 Å². The van der Waals surface area contributed by atoms with Crippen LogP contribution in [0.2, 0.25) is 0 Å². The Morgan fingerprint density at radius 2 is 1.66 bits per heavy atom. The Bertz CT molecular complexity index is 999. The smallest absolute Gasteiger partial charge is 0.223 e. The van der Waals surface area contributed by atoms with E-state index in [0.717, 1.165) is 39.2 Å². The van der Waals surface area contributed by atoms with Crippen molar-refractivity contribution in [3.63, 3.8) is 0 Å². The van der Waals surface area contributed by atoms with E-state index in [9.17, 15) is 9.00 Å². The van der Waals surface area contributed by atoms with Crippen LogP contribution in [0.3, 0.4) is 0 Å². The molecule has 0 aliphatic rings. The molecule has 1 aromatic heterocycles. The third-order valence-corrected chi connectivity index (χ3v) is 5.99. The fourth-order valence-corrected chi connectivity index (χ4v) is 4.46. The minimum atomic E-state index is -1.87. The predicted molar refractivity (Wildman–Crippen MR) is 116 cm³/mol. The second kappa shape index (κ2) is 9.89. The lowest BCUT2D eigenvalue weighted by Gasteiger charge is -2.05. The SMILES string of the molecule is CC(=O)Nc1nc(CCc2ccc(CO)cc2)c(-c2ccc(CS(=O)O)cc2)s1. The molecule has 3 aromatic rings. The number of thiazole rings is 1. The van der Waals surface area contributed by atoms with Gasteiger partial charge in [-0.25, -0.2) is 9.19 Å². The highest BCUT2D eigenvalue weighted by Gasteiger charge is 2.14. The third kappa shape index (κ3) is 6.04. The summed E-state index contributed by atoms with van der Waals surface area (Å²) in [5, 5.41) is 12.5. The molecule has 29 heavy (non-hydrogen) atoms. The van der Waals surface area contributed by atoms with Crippen LogP contribution in [0.15, 0.2) is 48.5 Å². The highest BCUT2D eigenvalue weighted by atomic mass is 32.2. The van der Waals surface area contributed by atoms with Crippen LogP contribution in [0.25, 0.3) is 10.4 Å². The fraction of sp³-hybridized carbons (Fsp3) is 0.238. The summed E-state index contributed by atoms with van der Waals surface area (Å²) >= 11 is -0.458. The first-order valence-corrected chi connectivity index (χ1v) is 11.2. The van der Waals surface area contributed by atoms with Gasteiger partial charge in [0, 0.05) is 6.92 Å². The maximum atomic E-state index is 11.4. The molecule has 0 fully saturated rings. The molecule has 2 aromatic carbocycles. The summed E-state index contributed by atoms with van der Waals surface area (Å²) in [7, 11) is 0. The molecule has 1 amide bonds. The van der Waals surface area contributed by atoms with Crippen molar-refractivity contribution in [2.75, 3.05) is 5.32 Å². The second-order valence-electron chi connectivity index (χ2n) is 6.61. The average molecular weight is 431 g/mol. The standard InChI is InChI=1S/C21H22N2O4S2/c1-14(25)22-21-23-19(11-8-15-2-4-16(12-24)5-3-15)20(28-21)18-9-6-17(7-10-18)13-29(26)27/h2-7,9-10,24H,8,11-13H2,1H3,(H,26,27)(H,22,23,25). The van der Waals surface area contributed by atoms with Gasteiger partial charge in [0.1, 0.15) is 0 Å². The van der Waals surface area contributed by atoms with Gasteiger partial charge in [-0.2, -0.15) is 0 Å². The molecule has 3 N–H and O–H groups in total. The maximum absolute atomic E-state index is 11.4. The summed E-state index contributed by atoms with van der Waals surface area (Å²) in [6.45, 7) is 1.48. The molecule has 0 saturated heterocycles. The molecule has 6 nitrogen and oxygen atoms in total. The first-order chi connectivity index (χ1) is 13.9. The summed E-state index contributed by atoms with van der Waals surface area (Å²) in [6.07, 6.45) is 1.48. The van der Waals surface area contributed by atoms with E-state index >= 15 is 0 Å². The first-order valence-electron chi connectivity index (χ1n) is 9.07. The molecule has 0 radical (unpaired) electrons. The average Bonchev–Trinajstić information content (AvgIpc) is 3.08. The van der Waals surface area contributed by atoms with Gasteiger partial charge in [-0.05, 0) is 35.1 Å². The Kier molecular flexibility index (Phi) is 7.27. The van der Waals surface area contributed by atoms with Gasteiger partial charge in [-0.1, -0.05) is 59.9 Å². The Balaban J connectivity index is 1.83. The van der Waals surface area contributed by atoms with Crippen LogP contribution in [-0.4, -0.2) is 24.8 Å². The van der Waals surface area contributed by atoms with Crippen LogP contribution in [-0.2, 0) is 41.1 Å². The molecule has 3 rings (SSSR count). The van der Waals surface area contributed by atoms with Crippen LogP contribution < -0.4 is 5.32 Å². The molecule has 152 valence electrons. The van der Waals surface area contributed by atoms with Gasteiger partial charge in [-0.15, -0.1) is 0 Å². The number of aliphatic hydroxyl groups is 1. The van der Waals surface area contributed by atoms with E-state index in [1.165, 1.54) is 18.3 Å². The number of hydrogen-bond acceptors (Lipinski definition) is 5. The summed E-state index contributed by atoms with van der Waals surface area (Å²) in [4.78, 5) is 17.0. The number of aryl methyl sites for hydroxylation is 2. The Morgan fingerprint density at radius 1 is 1.03 bits per heavy atom. The minimum absolute atomic E-state index is 0.0243. The Morgan fingerprint density at radius 3 is 2.24 bits per heavy atom. The number of hydrogen-bond donors (Lipinski definition) is 3. The normalized spacial score (nSPS) is 12.0. The number of rotatable bonds is 8. The van der Waals surface area contributed by atoms with Gasteiger partial charge in [0.2, 0.25) is 5.91 Å². The molecule has 1 heterocycles. The van der Waals surface area contributed by atoms with E-state index in [-0.39, 0.29) is 18.3 Å². The number of anilines is 1. The topological polar surface area (TPSA) is 99.5 Å². The molecule has 1 unspecified atom stereocenters. The van der Waals surface area contributed by atoms with E-state index in [1.807, 2.05) is 48.5 Å². The number of aliphatic hydroxyl groups excluding tert-OH is 1. The molecule has 0 aliphatic carbocycles. The van der Waals surface area contributed by atoms with Crippen molar-refractivity contribution in [1.29, 1.82) is 0 Å². The van der Waals surface area contributed by atoms with Crippen molar-refractivity contribution in [3.8, 4) is 10.4 Å². The first kappa shape index (κ1) is 21.3. The molecule has 0 aliphatic heterocycles. The zero-order valence-electron chi connectivity index (χ0n) is 15.9. The summed E-state index contributed by atoms with van der Waals surface area (Å²) < 4.78 is 20.0. The van der Waals surface area contributed by atoms with Crippen molar-refractivity contribution >= 4 is 33.5 Å². The fourth-order valence-electron chi connectivity index (χ4n) is 2.92. The zero-order chi connectivity index (χ0) is 20.8. The number of benzene rings is 2. The van der Waals surface area contributed by atoms with E-state index in [2.05, 4.69) is 10.3 Å². The second-order valence-corrected chi connectivity index (χ2v) is 8.54. The van der Waals surface area contributed by atoms with Crippen LogP contribution in [0.5, 0.6) is 0 Å². The molecular formula is C21H22N2O4S2. The molecule has 8 heteroatoms. The van der Waals surface area contributed by atoms with Crippen LogP contribution in [0.4, 0.5) is 5.13 Å². The summed E-state index contributed by atoms with van der Waals surface area (Å²) in [6, 6.07) is 15.3. The molecule has 0 saturated carbocycles. The third-order valence-electron chi connectivity index (χ3n) is 4.34. The summed E-state index contributed by atoms with van der Waals surface area (Å²) in [5.41, 5.74) is 4.65. The van der Waals surface area contributed by atoms with Crippen LogP contribution >= 0.6 is 11.3 Å². The van der Waals surface area contributed by atoms with E-state index in [4.69, 9.17) is 9.66 Å². The predicted octanol–water partition coefficient (Wildman–Crippen LogP) is 3.77. The Hall–Kier alpha value is -2.39. The van der Waals surface area contributed by atoms with Crippen LogP contribution in [0, 0.1) is 0 Å². The molecular weight excluding hydrogens is 408 g/mol. The summed E-state index contributed by atoms with van der Waals surface area (Å²) in [5.74, 6) is -0.0752. The lowest BCUT2D eigenvalue weighted by Crippen LogP contribution is -2.05. The number of aromatic nitrogens is 1. The van der Waals surface area contributed by atoms with E-state index in [1.54, 1.807) is 0 Å². The van der Waals surface area contributed by atoms with Gasteiger partial charge >= 0.3 is 0 Å². The minimum Gasteiger partial charge on any atom is -0.392 e. The maximum Gasteiger partial charge on any atom is 0.223 e. The largest absolute Gasteiger partial charge is 0.392 e. The monoisotopic (exact) mass is 430 g/mol. The van der Waals surface area contributed by atoms with Crippen molar-refractivity contribution < 1.29 is 18.7 Å². The van der Waals surface area contributed by atoms with Crippen molar-refractivity contribution in [2.45, 2.75) is 32.1 Å². The van der Waals surface area contributed by atoms with E-state index < -0.39 is 11.1 Å². The highest BCUT2D eigenvalue weighted by molar-refractivity contribution is 7.78. The number of carbonyl (C=O) groups is 1. The molecule has 0 spiro atoms. The highest BCUT2D eigenvalue weighted by Crippen LogP contribution is 2.34. The zero-order valence-corrected chi connectivity index (χ0v) is 17.6. The van der Waals surface area contributed by atoms with Crippen molar-refractivity contribution in [1.82, 2.24) is 4.98 Å². The molecule has 0 bridgehead atoms. The number of carbonyl (C=O) groups excluding carboxylic acids is 1. The van der Waals surface area contributed by atoms with Gasteiger partial charge in [0.25, 0.3) is 0 Å². The number of nitrogens with one attached hydrogen (secondary N) is 1. The van der Waals surface area contributed by atoms with Crippen molar-refractivity contribution in [2.24, 2.45) is 0 Å². The van der Waals surface area contributed by atoms with Gasteiger partial charge in [-0.3, -0.25) is 4.79 Å². The van der Waals surface area contributed by atoms with Gasteiger partial charge in [0.15, 0.2) is 16.2 Å². The lowest BCUT2D eigenvalue weighted by atomic mass is 10.0. The number of nitrogens with zero attached hydrogens (tertiary/aromatic N) is 1. The molecule has 1 atom stereocenters. The van der Waals surface area contributed by atoms with Crippen LogP contribution in [0.1, 0.15) is 29.3 Å². The van der Waals surface area contributed by atoms with E-state index in [0.29, 0.717) is 11.6 Å².